The van der Waals surface area contributed by atoms with Crippen molar-refractivity contribution in [3.05, 3.63) is 224 Å². The summed E-state index contributed by atoms with van der Waals surface area (Å²) in [4.78, 5) is 0. The van der Waals surface area contributed by atoms with Crippen LogP contribution in [-0.2, 0) is 0 Å². The molecule has 4 heterocycles. The Balaban J connectivity index is 1.06. The van der Waals surface area contributed by atoms with Gasteiger partial charge in [-0.1, -0.05) is 121 Å². The summed E-state index contributed by atoms with van der Waals surface area (Å²) in [7, 11) is 0. The first-order valence-electron chi connectivity index (χ1n) is 21.9. The quantitative estimate of drug-likeness (QED) is 0.170. The second kappa shape index (κ2) is 13.4. The molecule has 0 amide bonds. The highest BCUT2D eigenvalue weighted by molar-refractivity contribution is 6.26. The van der Waals surface area contributed by atoms with E-state index in [1.807, 2.05) is 0 Å². The van der Waals surface area contributed by atoms with Gasteiger partial charge in [-0.25, -0.2) is 0 Å². The second-order valence-electron chi connectivity index (χ2n) is 16.9. The Kier molecular flexibility index (Phi) is 7.36. The summed E-state index contributed by atoms with van der Waals surface area (Å²) < 4.78 is 14.0. The van der Waals surface area contributed by atoms with E-state index in [0.717, 1.165) is 72.3 Å². The van der Waals surface area contributed by atoms with Gasteiger partial charge in [-0.05, 0) is 131 Å². The van der Waals surface area contributed by atoms with E-state index in [0.29, 0.717) is 0 Å². The number of rotatable bonds is 5. The summed E-state index contributed by atoms with van der Waals surface area (Å²) in [6, 6.07) is 81.6. The molecule has 0 aliphatic heterocycles. The molecule has 0 aliphatic rings. The Morgan fingerprint density at radius 2 is 0.672 bits per heavy atom. The van der Waals surface area contributed by atoms with Crippen molar-refractivity contribution in [3.8, 4) is 39.3 Å². The Bertz CT molecular complexity index is 4010. The number of hydrogen-bond donors (Lipinski definition) is 0. The second-order valence-corrected chi connectivity index (χ2v) is 16.9. The lowest BCUT2D eigenvalue weighted by Gasteiger charge is -2.15. The number of para-hydroxylation sites is 5. The molecule has 4 heteroatoms. The zero-order chi connectivity index (χ0) is 41.9. The largest absolute Gasteiger partial charge is 0.456 e. The van der Waals surface area contributed by atoms with Crippen LogP contribution in [-0.4, -0.2) is 13.7 Å². The number of nitrogens with zero attached hydrogens (tertiary/aromatic N) is 3. The first-order valence-corrected chi connectivity index (χ1v) is 21.9. The van der Waals surface area contributed by atoms with Gasteiger partial charge in [0, 0.05) is 49.4 Å². The average Bonchev–Trinajstić information content (AvgIpc) is 3.96. The maximum Gasteiger partial charge on any atom is 0.137 e. The number of benzene rings is 10. The van der Waals surface area contributed by atoms with Crippen molar-refractivity contribution in [2.75, 3.05) is 0 Å². The van der Waals surface area contributed by atoms with Gasteiger partial charge in [-0.15, -0.1) is 0 Å². The molecule has 0 unspecified atom stereocenters. The zero-order valence-electron chi connectivity index (χ0n) is 34.6. The van der Waals surface area contributed by atoms with Crippen molar-refractivity contribution in [2.45, 2.75) is 0 Å². The van der Waals surface area contributed by atoms with Gasteiger partial charge >= 0.3 is 0 Å². The molecule has 10 aromatic carbocycles. The van der Waals surface area contributed by atoms with E-state index < -0.39 is 0 Å². The zero-order valence-corrected chi connectivity index (χ0v) is 34.6. The van der Waals surface area contributed by atoms with Crippen LogP contribution >= 0.6 is 0 Å². The van der Waals surface area contributed by atoms with Crippen LogP contribution in [0.1, 0.15) is 0 Å². The molecule has 0 saturated heterocycles. The van der Waals surface area contributed by atoms with Crippen LogP contribution in [0.5, 0.6) is 0 Å². The topological polar surface area (TPSA) is 27.9 Å². The monoisotopic (exact) mass is 815 g/mol. The predicted octanol–water partition coefficient (Wildman–Crippen LogP) is 16.2. The van der Waals surface area contributed by atoms with E-state index in [2.05, 4.69) is 238 Å². The van der Waals surface area contributed by atoms with Gasteiger partial charge in [0.2, 0.25) is 0 Å². The fourth-order valence-corrected chi connectivity index (χ4v) is 10.6. The molecule has 0 N–H and O–H groups in total. The van der Waals surface area contributed by atoms with E-state index in [4.69, 9.17) is 4.42 Å². The van der Waals surface area contributed by atoms with Crippen LogP contribution < -0.4 is 0 Å². The number of fused-ring (bicyclic) bond motifs is 8. The molecule has 64 heavy (non-hydrogen) atoms. The van der Waals surface area contributed by atoms with E-state index in [9.17, 15) is 0 Å². The Morgan fingerprint density at radius 1 is 0.234 bits per heavy atom. The number of aromatic nitrogens is 3. The molecule has 298 valence electrons. The van der Waals surface area contributed by atoms with Gasteiger partial charge in [0.1, 0.15) is 11.2 Å². The van der Waals surface area contributed by atoms with Crippen molar-refractivity contribution in [1.82, 2.24) is 13.7 Å². The molecule has 0 atom stereocenters. The van der Waals surface area contributed by atoms with Crippen molar-refractivity contribution < 1.29 is 4.42 Å². The minimum atomic E-state index is 0.871. The summed E-state index contributed by atoms with van der Waals surface area (Å²) in [6.45, 7) is 0. The maximum absolute atomic E-state index is 6.76. The van der Waals surface area contributed by atoms with E-state index in [1.165, 1.54) is 54.4 Å². The smallest absolute Gasteiger partial charge is 0.137 e. The van der Waals surface area contributed by atoms with Crippen LogP contribution in [0.3, 0.4) is 0 Å². The first kappa shape index (κ1) is 35.0. The summed E-state index contributed by atoms with van der Waals surface area (Å²) >= 11 is 0. The molecule has 0 fully saturated rings. The van der Waals surface area contributed by atoms with Crippen LogP contribution in [0.2, 0.25) is 0 Å². The Morgan fingerprint density at radius 3 is 1.28 bits per heavy atom. The van der Waals surface area contributed by atoms with Crippen LogP contribution in [0, 0.1) is 0 Å². The predicted molar refractivity (Wildman–Crippen MR) is 268 cm³/mol. The SMILES string of the molecule is c1ccc(-n2c3ccccc3c3cc(-c4cc(-c5ccc6c(c5)c5ccccc5n6-c5ccccc5)cc(-n5c6cccc7oc8ccccc8c8cccc5c8c76)c4)ccc32)cc1. The lowest BCUT2D eigenvalue weighted by Crippen LogP contribution is -1.96. The molecule has 0 saturated carbocycles. The molecule has 4 aromatic heterocycles. The van der Waals surface area contributed by atoms with Gasteiger partial charge in [0.05, 0.1) is 38.5 Å². The van der Waals surface area contributed by atoms with Gasteiger partial charge in [-0.2, -0.15) is 0 Å². The van der Waals surface area contributed by atoms with Crippen molar-refractivity contribution in [3.63, 3.8) is 0 Å². The minimum Gasteiger partial charge on any atom is -0.456 e. The summed E-state index contributed by atoms with van der Waals surface area (Å²) in [5.41, 5.74) is 16.8. The fraction of sp³-hybridized carbons (Fsp3) is 0. The summed E-state index contributed by atoms with van der Waals surface area (Å²) in [6.07, 6.45) is 0. The third-order valence-corrected chi connectivity index (χ3v) is 13.4. The summed E-state index contributed by atoms with van der Waals surface area (Å²) in [5.74, 6) is 0. The minimum absolute atomic E-state index is 0.871. The third-order valence-electron chi connectivity index (χ3n) is 13.4. The van der Waals surface area contributed by atoms with Gasteiger partial charge in [0.25, 0.3) is 0 Å². The number of hydrogen-bond acceptors (Lipinski definition) is 1. The normalized spacial score (nSPS) is 12.1. The lowest BCUT2D eigenvalue weighted by molar-refractivity contribution is 0.664. The van der Waals surface area contributed by atoms with E-state index in [-0.39, 0.29) is 0 Å². The van der Waals surface area contributed by atoms with Crippen LogP contribution in [0.25, 0.3) is 127 Å². The van der Waals surface area contributed by atoms with Gasteiger partial charge in [-0.3, -0.25) is 0 Å². The molecule has 0 bridgehead atoms. The standard InChI is InChI=1S/C60H37N3O/c1-3-15-42(16-4-1)61-51-23-10-7-19-45(51)49-36-38(29-31-53(49)61)40-33-41(39-30-32-54-50(37-39)46-20-8-11-24-52(46)62(54)43-17-5-2-6-18-43)35-44(34-40)63-55-25-13-22-48-47-21-9-12-27-57(47)64-58-28-14-26-56(63)60(58)59(48)55/h1-37H. The maximum atomic E-state index is 6.76. The lowest BCUT2D eigenvalue weighted by atomic mass is 9.96. The van der Waals surface area contributed by atoms with Gasteiger partial charge < -0.3 is 18.1 Å². The van der Waals surface area contributed by atoms with E-state index >= 15 is 0 Å². The molecule has 0 radical (unpaired) electrons. The Hall–Kier alpha value is -8.60. The van der Waals surface area contributed by atoms with Gasteiger partial charge in [0.15, 0.2) is 0 Å². The van der Waals surface area contributed by atoms with Crippen LogP contribution in [0.15, 0.2) is 229 Å². The molecular weight excluding hydrogens is 779 g/mol. The highest BCUT2D eigenvalue weighted by Crippen LogP contribution is 2.44. The summed E-state index contributed by atoms with van der Waals surface area (Å²) in [5, 5.41) is 9.53. The highest BCUT2D eigenvalue weighted by atomic mass is 16.3. The molecule has 4 nitrogen and oxygen atoms in total. The molecule has 14 aromatic rings. The first-order chi connectivity index (χ1) is 31.7. The van der Waals surface area contributed by atoms with E-state index in [1.54, 1.807) is 0 Å². The highest BCUT2D eigenvalue weighted by Gasteiger charge is 2.21. The molecular formula is C60H37N3O. The van der Waals surface area contributed by atoms with Crippen LogP contribution in [0.4, 0.5) is 0 Å². The molecule has 0 spiro atoms. The average molecular weight is 816 g/mol. The van der Waals surface area contributed by atoms with Crippen molar-refractivity contribution in [2.24, 2.45) is 0 Å². The third kappa shape index (κ3) is 5.05. The Labute approximate surface area is 367 Å². The molecule has 0 aliphatic carbocycles. The van der Waals surface area contributed by atoms with Crippen molar-refractivity contribution in [1.29, 1.82) is 0 Å². The fourth-order valence-electron chi connectivity index (χ4n) is 10.6. The van der Waals surface area contributed by atoms with Crippen molar-refractivity contribution >= 4 is 87.4 Å². The molecule has 14 rings (SSSR count).